The minimum Gasteiger partial charge on any atom is -0.458 e. The molecule has 1 aromatic rings. The lowest BCUT2D eigenvalue weighted by molar-refractivity contribution is -0.138. The Morgan fingerprint density at radius 1 is 1.43 bits per heavy atom. The molecule has 1 atom stereocenters. The normalized spacial score (nSPS) is 17.3. The van der Waals surface area contributed by atoms with Gasteiger partial charge < -0.3 is 15.2 Å². The summed E-state index contributed by atoms with van der Waals surface area (Å²) in [6.07, 6.45) is 1.48. The van der Waals surface area contributed by atoms with Crippen molar-refractivity contribution in [1.82, 2.24) is 0 Å². The second-order valence-corrected chi connectivity index (χ2v) is 5.19. The molecular weight excluding hydrogens is 292 g/mol. The quantitative estimate of drug-likeness (QED) is 0.682. The van der Waals surface area contributed by atoms with E-state index < -0.39 is 11.9 Å². The molecule has 0 bridgehead atoms. The molecule has 0 unspecified atom stereocenters. The fourth-order valence-corrected chi connectivity index (χ4v) is 2.45. The number of ether oxygens (including phenoxy) is 2. The van der Waals surface area contributed by atoms with Crippen LogP contribution in [0.5, 0.6) is 0 Å². The van der Waals surface area contributed by atoms with Crippen molar-refractivity contribution in [2.45, 2.75) is 19.8 Å². The molecule has 2 rings (SSSR count). The van der Waals surface area contributed by atoms with E-state index >= 15 is 0 Å². The Kier molecular flexibility index (Phi) is 4.87. The van der Waals surface area contributed by atoms with Crippen molar-refractivity contribution >= 4 is 5.97 Å². The van der Waals surface area contributed by atoms with Gasteiger partial charge in [-0.1, -0.05) is 42.5 Å². The van der Waals surface area contributed by atoms with Crippen molar-refractivity contribution < 1.29 is 14.3 Å². The van der Waals surface area contributed by atoms with E-state index in [-0.39, 0.29) is 23.6 Å². The van der Waals surface area contributed by atoms with Gasteiger partial charge in [-0.15, -0.1) is 0 Å². The first kappa shape index (κ1) is 16.4. The number of allylic oxidation sites excluding steroid dienone is 2. The SMILES string of the molecule is C=CCOC(=O)C1=C(C)OC(N)=C(C#N)[C@@H]1c1ccc(C)cc1. The van der Waals surface area contributed by atoms with Crippen LogP contribution in [0.4, 0.5) is 0 Å². The van der Waals surface area contributed by atoms with Gasteiger partial charge in [-0.05, 0) is 19.4 Å². The van der Waals surface area contributed by atoms with E-state index in [2.05, 4.69) is 6.58 Å². The van der Waals surface area contributed by atoms with Crippen molar-refractivity contribution in [3.05, 3.63) is 70.8 Å². The van der Waals surface area contributed by atoms with E-state index in [4.69, 9.17) is 15.2 Å². The molecule has 118 valence electrons. The second kappa shape index (κ2) is 6.84. The van der Waals surface area contributed by atoms with Crippen LogP contribution in [0.3, 0.4) is 0 Å². The molecule has 5 heteroatoms. The maximum Gasteiger partial charge on any atom is 0.338 e. The standard InChI is InChI=1S/C18H18N2O3/c1-4-9-22-18(21)15-12(3)23-17(20)14(10-19)16(15)13-7-5-11(2)6-8-13/h4-8,16H,1,9,20H2,2-3H3/t16-/m0/s1. The van der Waals surface area contributed by atoms with E-state index in [1.807, 2.05) is 37.3 Å². The van der Waals surface area contributed by atoms with Crippen molar-refractivity contribution in [3.63, 3.8) is 0 Å². The van der Waals surface area contributed by atoms with E-state index in [1.54, 1.807) is 6.92 Å². The Balaban J connectivity index is 2.54. The molecule has 1 aromatic carbocycles. The lowest BCUT2D eigenvalue weighted by Gasteiger charge is -2.26. The van der Waals surface area contributed by atoms with Gasteiger partial charge in [0.2, 0.25) is 5.88 Å². The summed E-state index contributed by atoms with van der Waals surface area (Å²) in [6.45, 7) is 7.19. The van der Waals surface area contributed by atoms with Crippen LogP contribution in [-0.2, 0) is 14.3 Å². The number of esters is 1. The average Bonchev–Trinajstić information content (AvgIpc) is 2.52. The molecule has 0 spiro atoms. The molecule has 5 nitrogen and oxygen atoms in total. The van der Waals surface area contributed by atoms with Crippen molar-refractivity contribution in [1.29, 1.82) is 5.26 Å². The summed E-state index contributed by atoms with van der Waals surface area (Å²) >= 11 is 0. The number of benzene rings is 1. The number of carbonyl (C=O) groups is 1. The third-order valence-corrected chi connectivity index (χ3v) is 3.57. The molecule has 0 radical (unpaired) electrons. The second-order valence-electron chi connectivity index (χ2n) is 5.19. The highest BCUT2D eigenvalue weighted by Crippen LogP contribution is 2.39. The summed E-state index contributed by atoms with van der Waals surface area (Å²) in [5, 5.41) is 9.45. The maximum atomic E-state index is 12.4. The molecule has 2 N–H and O–H groups in total. The fourth-order valence-electron chi connectivity index (χ4n) is 2.45. The molecule has 1 aliphatic heterocycles. The Hall–Kier alpha value is -3.00. The number of aryl methyl sites for hydroxylation is 1. The molecule has 1 aliphatic rings. The predicted molar refractivity (Wildman–Crippen MR) is 85.7 cm³/mol. The number of nitriles is 1. The Morgan fingerprint density at radius 3 is 2.65 bits per heavy atom. The molecule has 0 fully saturated rings. The summed E-state index contributed by atoms with van der Waals surface area (Å²) in [7, 11) is 0. The number of hydrogen-bond acceptors (Lipinski definition) is 5. The first-order chi connectivity index (χ1) is 11.0. The lowest BCUT2D eigenvalue weighted by atomic mass is 9.83. The monoisotopic (exact) mass is 310 g/mol. The number of nitrogens with two attached hydrogens (primary N) is 1. The van der Waals surface area contributed by atoms with Gasteiger partial charge in [0.05, 0.1) is 11.5 Å². The van der Waals surface area contributed by atoms with Gasteiger partial charge in [-0.25, -0.2) is 4.79 Å². The van der Waals surface area contributed by atoms with Crippen molar-refractivity contribution in [3.8, 4) is 6.07 Å². The number of rotatable bonds is 4. The Labute approximate surface area is 135 Å². The van der Waals surface area contributed by atoms with Crippen LogP contribution in [0.25, 0.3) is 0 Å². The van der Waals surface area contributed by atoms with Gasteiger partial charge in [0, 0.05) is 0 Å². The first-order valence-corrected chi connectivity index (χ1v) is 7.12. The zero-order valence-electron chi connectivity index (χ0n) is 13.1. The minimum atomic E-state index is -0.605. The van der Waals surface area contributed by atoms with Crippen LogP contribution in [0, 0.1) is 18.3 Å². The van der Waals surface area contributed by atoms with E-state index in [0.29, 0.717) is 5.76 Å². The van der Waals surface area contributed by atoms with Gasteiger partial charge in [-0.2, -0.15) is 5.26 Å². The van der Waals surface area contributed by atoms with E-state index in [9.17, 15) is 10.1 Å². The zero-order valence-corrected chi connectivity index (χ0v) is 13.1. The molecule has 0 aromatic heterocycles. The third-order valence-electron chi connectivity index (χ3n) is 3.57. The highest BCUT2D eigenvalue weighted by atomic mass is 16.5. The third kappa shape index (κ3) is 3.27. The predicted octanol–water partition coefficient (Wildman–Crippen LogP) is 2.81. The van der Waals surface area contributed by atoms with Gasteiger partial charge >= 0.3 is 5.97 Å². The molecular formula is C18H18N2O3. The molecule has 23 heavy (non-hydrogen) atoms. The van der Waals surface area contributed by atoms with Crippen molar-refractivity contribution in [2.75, 3.05) is 6.61 Å². The smallest absolute Gasteiger partial charge is 0.338 e. The van der Waals surface area contributed by atoms with E-state index in [0.717, 1.165) is 11.1 Å². The topological polar surface area (TPSA) is 85.3 Å². The molecule has 0 amide bonds. The summed E-state index contributed by atoms with van der Waals surface area (Å²) in [6, 6.07) is 9.61. The molecule has 0 aliphatic carbocycles. The Bertz CT molecular complexity index is 737. The summed E-state index contributed by atoms with van der Waals surface area (Å²) in [5.41, 5.74) is 8.17. The molecule has 0 saturated heterocycles. The molecule has 0 saturated carbocycles. The lowest BCUT2D eigenvalue weighted by Crippen LogP contribution is -2.25. The van der Waals surface area contributed by atoms with Crippen LogP contribution < -0.4 is 5.73 Å². The number of carbonyl (C=O) groups excluding carboxylic acids is 1. The average molecular weight is 310 g/mol. The van der Waals surface area contributed by atoms with Crippen LogP contribution in [0.2, 0.25) is 0 Å². The minimum absolute atomic E-state index is 0.0100. The van der Waals surface area contributed by atoms with Crippen LogP contribution in [0.15, 0.2) is 59.7 Å². The number of hydrogen-bond donors (Lipinski definition) is 1. The Morgan fingerprint density at radius 2 is 2.09 bits per heavy atom. The molecule has 1 heterocycles. The van der Waals surface area contributed by atoms with Gasteiger partial charge in [-0.3, -0.25) is 0 Å². The van der Waals surface area contributed by atoms with Crippen molar-refractivity contribution in [2.24, 2.45) is 5.73 Å². The van der Waals surface area contributed by atoms with Crippen LogP contribution >= 0.6 is 0 Å². The van der Waals surface area contributed by atoms with Crippen LogP contribution in [0.1, 0.15) is 24.0 Å². The zero-order chi connectivity index (χ0) is 17.0. The van der Waals surface area contributed by atoms with Gasteiger partial charge in [0.15, 0.2) is 0 Å². The summed E-state index contributed by atoms with van der Waals surface area (Å²) in [4.78, 5) is 12.4. The summed E-state index contributed by atoms with van der Waals surface area (Å²) in [5.74, 6) is -0.808. The highest BCUT2D eigenvalue weighted by Gasteiger charge is 2.36. The van der Waals surface area contributed by atoms with Gasteiger partial charge in [0.1, 0.15) is 24.0 Å². The van der Waals surface area contributed by atoms with E-state index in [1.165, 1.54) is 6.08 Å². The first-order valence-electron chi connectivity index (χ1n) is 7.12. The highest BCUT2D eigenvalue weighted by molar-refractivity contribution is 5.92. The summed E-state index contributed by atoms with van der Waals surface area (Å²) < 4.78 is 10.5. The fraction of sp³-hybridized carbons (Fsp3) is 0.222. The largest absolute Gasteiger partial charge is 0.458 e. The van der Waals surface area contributed by atoms with Crippen LogP contribution in [-0.4, -0.2) is 12.6 Å². The number of nitrogens with zero attached hydrogens (tertiary/aromatic N) is 1. The van der Waals surface area contributed by atoms with Gasteiger partial charge in [0.25, 0.3) is 0 Å². The maximum absolute atomic E-state index is 12.4.